The zero-order valence-corrected chi connectivity index (χ0v) is 24.3. The molecular weight excluding hydrogens is 575 g/mol. The van der Waals surface area contributed by atoms with E-state index in [1.807, 2.05) is 0 Å². The highest BCUT2D eigenvalue weighted by molar-refractivity contribution is 7.52. The third kappa shape index (κ3) is 7.80. The lowest BCUT2D eigenvalue weighted by molar-refractivity contribution is -0.149. The smallest absolute Gasteiger partial charge is 0.459 e. The Bertz CT molecular complexity index is 1570. The molecule has 0 amide bonds. The van der Waals surface area contributed by atoms with Crippen LogP contribution in [0.3, 0.4) is 0 Å². The first-order valence-corrected chi connectivity index (χ1v) is 14.7. The van der Waals surface area contributed by atoms with Crippen molar-refractivity contribution in [1.82, 2.24) is 14.6 Å². The van der Waals surface area contributed by atoms with Gasteiger partial charge >= 0.3 is 19.4 Å². The maximum atomic E-state index is 15.5. The van der Waals surface area contributed by atoms with Gasteiger partial charge in [-0.2, -0.15) is 5.09 Å². The van der Waals surface area contributed by atoms with E-state index >= 15 is 4.39 Å². The van der Waals surface area contributed by atoms with E-state index < -0.39 is 67.5 Å². The number of alkyl halides is 1. The SMILES string of the molecule is CC(C)OC(=O)C(C)NP(=O)(OCC1CC(C)(F)C(n2ccc(=O)[nH]c2=O)O1)Oc1ccc(-c2cccc(F)c2)cc1. The largest absolute Gasteiger partial charge is 0.462 e. The molecule has 4 rings (SSSR count). The van der Waals surface area contributed by atoms with Gasteiger partial charge in [0.25, 0.3) is 5.56 Å². The number of nitrogens with zero attached hydrogens (tertiary/aromatic N) is 1. The Balaban J connectivity index is 1.52. The number of carbonyl (C=O) groups is 1. The molecule has 0 saturated carbocycles. The molecule has 5 unspecified atom stereocenters. The lowest BCUT2D eigenvalue weighted by atomic mass is 10.0. The molecule has 0 radical (unpaired) electrons. The molecule has 0 spiro atoms. The number of hydrogen-bond acceptors (Lipinski definition) is 8. The highest BCUT2D eigenvalue weighted by Gasteiger charge is 2.48. The van der Waals surface area contributed by atoms with E-state index in [1.165, 1.54) is 38.1 Å². The first kappa shape index (κ1) is 31.3. The van der Waals surface area contributed by atoms with Crippen molar-refractivity contribution in [3.8, 4) is 16.9 Å². The molecule has 2 N–H and O–H groups in total. The van der Waals surface area contributed by atoms with Crippen LogP contribution < -0.4 is 20.9 Å². The average molecular weight is 608 g/mol. The van der Waals surface area contributed by atoms with Crippen LogP contribution in [0.25, 0.3) is 11.1 Å². The summed E-state index contributed by atoms with van der Waals surface area (Å²) in [4.78, 5) is 38.1. The Labute approximate surface area is 240 Å². The number of aromatic nitrogens is 2. The normalized spacial score (nSPS) is 22.5. The van der Waals surface area contributed by atoms with Crippen molar-refractivity contribution >= 4 is 13.7 Å². The summed E-state index contributed by atoms with van der Waals surface area (Å²) >= 11 is 0. The minimum Gasteiger partial charge on any atom is -0.462 e. The van der Waals surface area contributed by atoms with Gasteiger partial charge in [0.1, 0.15) is 17.6 Å². The van der Waals surface area contributed by atoms with Gasteiger partial charge in [0, 0.05) is 18.7 Å². The molecule has 14 heteroatoms. The molecule has 1 aliphatic heterocycles. The Morgan fingerprint density at radius 1 is 1.17 bits per heavy atom. The molecule has 226 valence electrons. The maximum absolute atomic E-state index is 15.5. The molecule has 1 aliphatic rings. The molecule has 1 aromatic heterocycles. The number of aromatic amines is 1. The van der Waals surface area contributed by atoms with Crippen LogP contribution >= 0.6 is 7.75 Å². The predicted octanol–water partition coefficient (Wildman–Crippen LogP) is 4.49. The fraction of sp³-hybridized carbons (Fsp3) is 0.393. The second-order valence-electron chi connectivity index (χ2n) is 10.4. The van der Waals surface area contributed by atoms with E-state index in [4.69, 9.17) is 18.5 Å². The molecule has 0 aliphatic carbocycles. The quantitative estimate of drug-likeness (QED) is 0.239. The fourth-order valence-corrected chi connectivity index (χ4v) is 5.92. The van der Waals surface area contributed by atoms with Gasteiger partial charge in [0.15, 0.2) is 11.9 Å². The van der Waals surface area contributed by atoms with Gasteiger partial charge in [-0.05, 0) is 63.1 Å². The first-order chi connectivity index (χ1) is 19.7. The van der Waals surface area contributed by atoms with Crippen LogP contribution in [0, 0.1) is 5.82 Å². The summed E-state index contributed by atoms with van der Waals surface area (Å²) in [6.07, 6.45) is -1.91. The van der Waals surface area contributed by atoms with Gasteiger partial charge in [0.2, 0.25) is 0 Å². The van der Waals surface area contributed by atoms with Gasteiger partial charge in [-0.25, -0.2) is 18.1 Å². The molecule has 3 aromatic rings. The molecule has 42 heavy (non-hydrogen) atoms. The number of nitrogens with one attached hydrogen (secondary N) is 2. The summed E-state index contributed by atoms with van der Waals surface area (Å²) < 4.78 is 66.1. The van der Waals surface area contributed by atoms with Crippen molar-refractivity contribution in [2.24, 2.45) is 0 Å². The van der Waals surface area contributed by atoms with E-state index in [9.17, 15) is 23.3 Å². The van der Waals surface area contributed by atoms with Crippen molar-refractivity contribution in [3.05, 3.63) is 87.4 Å². The van der Waals surface area contributed by atoms with Crippen LogP contribution in [-0.4, -0.2) is 46.0 Å². The highest BCUT2D eigenvalue weighted by Crippen LogP contribution is 2.47. The number of hydrogen-bond donors (Lipinski definition) is 2. The molecule has 1 fully saturated rings. The number of rotatable bonds is 11. The van der Waals surface area contributed by atoms with Crippen molar-refractivity contribution in [2.45, 2.75) is 64.3 Å². The van der Waals surface area contributed by atoms with Crippen LogP contribution in [0.15, 0.2) is 70.4 Å². The van der Waals surface area contributed by atoms with E-state index in [0.717, 1.165) is 16.8 Å². The molecular formula is C28H32F2N3O8P. The molecule has 0 bridgehead atoms. The van der Waals surface area contributed by atoms with Gasteiger partial charge in [-0.1, -0.05) is 24.3 Å². The first-order valence-electron chi connectivity index (χ1n) is 13.2. The predicted molar refractivity (Wildman–Crippen MR) is 149 cm³/mol. The minimum atomic E-state index is -4.32. The summed E-state index contributed by atoms with van der Waals surface area (Å²) in [5.41, 5.74) is -2.26. The monoisotopic (exact) mass is 607 g/mol. The molecule has 5 atom stereocenters. The van der Waals surface area contributed by atoms with Crippen LogP contribution in [0.1, 0.15) is 40.3 Å². The number of H-pyrrole nitrogens is 1. The van der Waals surface area contributed by atoms with Crippen molar-refractivity contribution in [3.63, 3.8) is 0 Å². The number of benzene rings is 2. The molecule has 2 heterocycles. The Morgan fingerprint density at radius 2 is 1.88 bits per heavy atom. The van der Waals surface area contributed by atoms with E-state index in [0.29, 0.717) is 11.1 Å². The van der Waals surface area contributed by atoms with Crippen LogP contribution in [0.2, 0.25) is 0 Å². The third-order valence-corrected chi connectivity index (χ3v) is 7.94. The fourth-order valence-electron chi connectivity index (χ4n) is 4.39. The maximum Gasteiger partial charge on any atom is 0.459 e. The highest BCUT2D eigenvalue weighted by atomic mass is 31.2. The van der Waals surface area contributed by atoms with Crippen molar-refractivity contribution < 1.29 is 36.7 Å². The lowest BCUT2D eigenvalue weighted by Crippen LogP contribution is -2.38. The summed E-state index contributed by atoms with van der Waals surface area (Å²) in [5.74, 6) is -0.996. The zero-order chi connectivity index (χ0) is 30.7. The Hall–Kier alpha value is -3.64. The molecule has 1 saturated heterocycles. The summed E-state index contributed by atoms with van der Waals surface area (Å²) in [6, 6.07) is 12.2. The second kappa shape index (κ2) is 12.7. The van der Waals surface area contributed by atoms with Gasteiger partial charge in [0.05, 0.1) is 18.8 Å². The standard InChI is InChI=1S/C28H32F2N3O8P/c1-17(2)39-25(35)18(3)32-42(37,41-22-10-8-19(9-11-22)20-6-5-7-21(29)14-20)38-16-23-15-28(4,30)26(40-23)33-13-12-24(34)31-27(33)36/h5-14,17-18,23,26H,15-16H2,1-4H3,(H,32,37)(H,31,34,36). The van der Waals surface area contributed by atoms with Gasteiger partial charge < -0.3 is 14.0 Å². The number of halogens is 2. The summed E-state index contributed by atoms with van der Waals surface area (Å²) in [7, 11) is -4.32. The minimum absolute atomic E-state index is 0.107. The lowest BCUT2D eigenvalue weighted by Gasteiger charge is -2.24. The van der Waals surface area contributed by atoms with E-state index in [-0.39, 0.29) is 12.2 Å². The van der Waals surface area contributed by atoms with Crippen molar-refractivity contribution in [1.29, 1.82) is 0 Å². The Kier molecular flexibility index (Phi) is 9.47. The number of esters is 1. The zero-order valence-electron chi connectivity index (χ0n) is 23.4. The number of carbonyl (C=O) groups excluding carboxylic acids is 1. The summed E-state index contributed by atoms with van der Waals surface area (Å²) in [5, 5.41) is 2.55. The summed E-state index contributed by atoms with van der Waals surface area (Å²) in [6.45, 7) is 5.53. The Morgan fingerprint density at radius 3 is 2.52 bits per heavy atom. The second-order valence-corrected chi connectivity index (χ2v) is 12.1. The number of ether oxygens (including phenoxy) is 2. The van der Waals surface area contributed by atoms with Gasteiger partial charge in [-0.3, -0.25) is 23.7 Å². The van der Waals surface area contributed by atoms with E-state index in [1.54, 1.807) is 38.1 Å². The van der Waals surface area contributed by atoms with E-state index in [2.05, 4.69) is 10.1 Å². The van der Waals surface area contributed by atoms with Gasteiger partial charge in [-0.15, -0.1) is 0 Å². The molecule has 2 aromatic carbocycles. The van der Waals surface area contributed by atoms with Crippen molar-refractivity contribution in [2.75, 3.05) is 6.61 Å². The van der Waals surface area contributed by atoms with Crippen LogP contribution in [0.5, 0.6) is 5.75 Å². The average Bonchev–Trinajstić information content (AvgIpc) is 3.21. The third-order valence-electron chi connectivity index (χ3n) is 6.29. The molecule has 11 nitrogen and oxygen atoms in total. The van der Waals surface area contributed by atoms with Crippen LogP contribution in [0.4, 0.5) is 8.78 Å². The van der Waals surface area contributed by atoms with Crippen LogP contribution in [-0.2, 0) is 23.4 Å². The topological polar surface area (TPSA) is 138 Å².